The summed E-state index contributed by atoms with van der Waals surface area (Å²) in [6.07, 6.45) is 2.15. The summed E-state index contributed by atoms with van der Waals surface area (Å²) in [6, 6.07) is 0. The van der Waals surface area contributed by atoms with Gasteiger partial charge in [0, 0.05) is 6.54 Å². The van der Waals surface area contributed by atoms with Gasteiger partial charge < -0.3 is 5.32 Å². The van der Waals surface area contributed by atoms with Gasteiger partial charge in [-0.05, 0) is 24.5 Å². The van der Waals surface area contributed by atoms with Gasteiger partial charge in [0.2, 0.25) is 0 Å². The fraction of sp³-hybridized carbons (Fsp3) is 1.00. The molecule has 0 spiro atoms. The molecule has 0 aromatic rings. The topological polar surface area (TPSA) is 12.0 Å². The molecule has 9 heavy (non-hydrogen) atoms. The Labute approximate surface area is 62.6 Å². The van der Waals surface area contributed by atoms with Crippen molar-refractivity contribution in [2.45, 2.75) is 13.8 Å². The molecule has 0 fully saturated rings. The number of thioether (sulfide) groups is 1. The molecule has 0 aliphatic rings. The highest BCUT2D eigenvalue weighted by molar-refractivity contribution is 7.98. The molecule has 0 heterocycles. The molecule has 0 aromatic heterocycles. The minimum Gasteiger partial charge on any atom is -0.319 e. The van der Waals surface area contributed by atoms with Gasteiger partial charge in [0.25, 0.3) is 0 Å². The molecule has 0 radical (unpaired) electrons. The Morgan fingerprint density at radius 1 is 1.44 bits per heavy atom. The summed E-state index contributed by atoms with van der Waals surface area (Å²) >= 11 is 1.91. The van der Waals surface area contributed by atoms with Gasteiger partial charge in [0.1, 0.15) is 0 Å². The zero-order chi connectivity index (χ0) is 7.33. The van der Waals surface area contributed by atoms with E-state index in [4.69, 9.17) is 0 Å². The highest BCUT2D eigenvalue weighted by Crippen LogP contribution is 2.18. The molecule has 0 aromatic carbocycles. The molecular formula is C7H17NS. The molecule has 1 nitrogen and oxygen atoms in total. The molecule has 0 aliphatic heterocycles. The fourth-order valence-corrected chi connectivity index (χ4v) is 1.80. The average molecular weight is 147 g/mol. The van der Waals surface area contributed by atoms with E-state index < -0.39 is 0 Å². The predicted molar refractivity (Wildman–Crippen MR) is 46.1 cm³/mol. The second-order valence-corrected chi connectivity index (χ2v) is 3.99. The summed E-state index contributed by atoms with van der Waals surface area (Å²) in [5.74, 6) is 1.23. The van der Waals surface area contributed by atoms with Crippen LogP contribution >= 0.6 is 11.8 Å². The summed E-state index contributed by atoms with van der Waals surface area (Å²) < 4.78 is 0. The van der Waals surface area contributed by atoms with Crippen molar-refractivity contribution in [1.82, 2.24) is 5.32 Å². The lowest BCUT2D eigenvalue weighted by Gasteiger charge is -2.22. The zero-order valence-electron chi connectivity index (χ0n) is 6.82. The Balaban J connectivity index is 3.43. The maximum atomic E-state index is 3.18. The van der Waals surface area contributed by atoms with Gasteiger partial charge >= 0.3 is 0 Å². The molecule has 0 unspecified atom stereocenters. The summed E-state index contributed by atoms with van der Waals surface area (Å²) in [6.45, 7) is 5.66. The lowest BCUT2D eigenvalue weighted by molar-refractivity contribution is 0.405. The maximum absolute atomic E-state index is 3.18. The molecule has 56 valence electrons. The van der Waals surface area contributed by atoms with E-state index in [-0.39, 0.29) is 0 Å². The standard InChI is InChI=1S/C7H17NS/c1-7(2,5-8-3)6-9-4/h8H,5-6H2,1-4H3. The SMILES string of the molecule is CNCC(C)(C)CSC. The van der Waals surface area contributed by atoms with Crippen molar-refractivity contribution < 1.29 is 0 Å². The molecule has 0 atom stereocenters. The minimum absolute atomic E-state index is 0.453. The summed E-state index contributed by atoms with van der Waals surface area (Å²) in [4.78, 5) is 0. The zero-order valence-corrected chi connectivity index (χ0v) is 7.64. The second-order valence-electron chi connectivity index (χ2n) is 3.13. The average Bonchev–Trinajstić information content (AvgIpc) is 1.64. The van der Waals surface area contributed by atoms with Gasteiger partial charge in [-0.2, -0.15) is 11.8 Å². The first-order valence-electron chi connectivity index (χ1n) is 3.26. The van der Waals surface area contributed by atoms with Crippen LogP contribution < -0.4 is 5.32 Å². The third-order valence-corrected chi connectivity index (χ3v) is 2.26. The van der Waals surface area contributed by atoms with E-state index in [1.54, 1.807) is 0 Å². The van der Waals surface area contributed by atoms with Crippen LogP contribution in [0.25, 0.3) is 0 Å². The molecule has 0 bridgehead atoms. The van der Waals surface area contributed by atoms with Crippen LogP contribution in [0.15, 0.2) is 0 Å². The number of nitrogens with one attached hydrogen (secondary N) is 1. The molecule has 0 aliphatic carbocycles. The Bertz CT molecular complexity index is 63.3. The van der Waals surface area contributed by atoms with Gasteiger partial charge in [-0.25, -0.2) is 0 Å². The molecule has 1 N–H and O–H groups in total. The minimum atomic E-state index is 0.453. The van der Waals surface area contributed by atoms with Crippen molar-refractivity contribution >= 4 is 11.8 Å². The number of hydrogen-bond donors (Lipinski definition) is 1. The molecule has 2 heteroatoms. The van der Waals surface area contributed by atoms with Gasteiger partial charge in [0.15, 0.2) is 0 Å². The Kier molecular flexibility index (Phi) is 4.32. The van der Waals surface area contributed by atoms with E-state index in [1.807, 2.05) is 18.8 Å². The van der Waals surface area contributed by atoms with Crippen molar-refractivity contribution in [1.29, 1.82) is 0 Å². The molecular weight excluding hydrogens is 130 g/mol. The van der Waals surface area contributed by atoms with Crippen LogP contribution in [0.3, 0.4) is 0 Å². The van der Waals surface area contributed by atoms with Crippen LogP contribution in [0.5, 0.6) is 0 Å². The third kappa shape index (κ3) is 4.79. The lowest BCUT2D eigenvalue weighted by Crippen LogP contribution is -2.28. The molecule has 0 amide bonds. The lowest BCUT2D eigenvalue weighted by atomic mass is 9.97. The second kappa shape index (κ2) is 4.18. The number of hydrogen-bond acceptors (Lipinski definition) is 2. The first kappa shape index (κ1) is 9.31. The van der Waals surface area contributed by atoms with Crippen LogP contribution in [0.2, 0.25) is 0 Å². The van der Waals surface area contributed by atoms with Gasteiger partial charge in [0.05, 0.1) is 0 Å². The maximum Gasteiger partial charge on any atom is 0.000741 e. The fourth-order valence-electron chi connectivity index (χ4n) is 0.920. The van der Waals surface area contributed by atoms with Crippen LogP contribution in [-0.4, -0.2) is 25.6 Å². The van der Waals surface area contributed by atoms with E-state index >= 15 is 0 Å². The summed E-state index contributed by atoms with van der Waals surface area (Å²) in [5.41, 5.74) is 0.453. The van der Waals surface area contributed by atoms with Crippen molar-refractivity contribution in [2.24, 2.45) is 5.41 Å². The van der Waals surface area contributed by atoms with Crippen molar-refractivity contribution in [3.8, 4) is 0 Å². The van der Waals surface area contributed by atoms with Crippen LogP contribution in [-0.2, 0) is 0 Å². The molecule has 0 saturated heterocycles. The molecule has 0 saturated carbocycles. The van der Waals surface area contributed by atoms with Gasteiger partial charge in [-0.15, -0.1) is 0 Å². The van der Waals surface area contributed by atoms with Crippen LogP contribution in [0, 0.1) is 5.41 Å². The Morgan fingerprint density at radius 3 is 2.33 bits per heavy atom. The summed E-state index contributed by atoms with van der Waals surface area (Å²) in [5, 5.41) is 3.18. The van der Waals surface area contributed by atoms with E-state index in [0.29, 0.717) is 5.41 Å². The smallest absolute Gasteiger partial charge is 0.000741 e. The highest BCUT2D eigenvalue weighted by Gasteiger charge is 2.14. The van der Waals surface area contributed by atoms with E-state index in [2.05, 4.69) is 25.4 Å². The van der Waals surface area contributed by atoms with E-state index in [0.717, 1.165) is 6.54 Å². The highest BCUT2D eigenvalue weighted by atomic mass is 32.2. The first-order chi connectivity index (χ1) is 4.12. The summed E-state index contributed by atoms with van der Waals surface area (Å²) in [7, 11) is 2.00. The van der Waals surface area contributed by atoms with E-state index in [9.17, 15) is 0 Å². The largest absolute Gasteiger partial charge is 0.319 e. The van der Waals surface area contributed by atoms with Gasteiger partial charge in [-0.3, -0.25) is 0 Å². The normalized spacial score (nSPS) is 12.0. The van der Waals surface area contributed by atoms with Crippen LogP contribution in [0.1, 0.15) is 13.8 Å². The third-order valence-electron chi connectivity index (χ3n) is 1.19. The molecule has 0 rings (SSSR count). The monoisotopic (exact) mass is 147 g/mol. The predicted octanol–water partition coefficient (Wildman–Crippen LogP) is 1.59. The Hall–Kier alpha value is 0.310. The van der Waals surface area contributed by atoms with Crippen LogP contribution in [0.4, 0.5) is 0 Å². The first-order valence-corrected chi connectivity index (χ1v) is 4.65. The Morgan fingerprint density at radius 2 is 2.00 bits per heavy atom. The van der Waals surface area contributed by atoms with Crippen molar-refractivity contribution in [3.63, 3.8) is 0 Å². The van der Waals surface area contributed by atoms with E-state index in [1.165, 1.54) is 5.75 Å². The van der Waals surface area contributed by atoms with Crippen molar-refractivity contribution in [2.75, 3.05) is 25.6 Å². The van der Waals surface area contributed by atoms with Crippen molar-refractivity contribution in [3.05, 3.63) is 0 Å². The number of rotatable bonds is 4. The quantitative estimate of drug-likeness (QED) is 0.648. The van der Waals surface area contributed by atoms with Gasteiger partial charge in [-0.1, -0.05) is 13.8 Å².